The predicted octanol–water partition coefficient (Wildman–Crippen LogP) is 3.67. The first-order valence-electron chi connectivity index (χ1n) is 7.23. The van der Waals surface area contributed by atoms with Crippen LogP contribution in [0.3, 0.4) is 0 Å². The minimum Gasteiger partial charge on any atom is -0.381 e. The average molecular weight is 244 g/mol. The Morgan fingerprint density at radius 3 is 1.56 bits per heavy atom. The van der Waals surface area contributed by atoms with Gasteiger partial charge in [0, 0.05) is 23.5 Å². The van der Waals surface area contributed by atoms with Gasteiger partial charge in [0.05, 0.1) is 0 Å². The number of hydrogen-bond donors (Lipinski definition) is 2. The van der Waals surface area contributed by atoms with E-state index in [-0.39, 0.29) is 0 Å². The summed E-state index contributed by atoms with van der Waals surface area (Å²) in [4.78, 5) is 0. The van der Waals surface area contributed by atoms with Crippen molar-refractivity contribution in [3.8, 4) is 0 Å². The van der Waals surface area contributed by atoms with E-state index in [2.05, 4.69) is 50.5 Å². The number of benzene rings is 1. The molecule has 0 spiro atoms. The minimum absolute atomic E-state index is 0.614. The Labute approximate surface area is 110 Å². The maximum Gasteiger partial charge on any atom is 0.0380 e. The highest BCUT2D eigenvalue weighted by molar-refractivity contribution is 5.69. The molecule has 18 heavy (non-hydrogen) atoms. The molecule has 0 amide bonds. The van der Waals surface area contributed by atoms with E-state index in [0.717, 1.165) is 0 Å². The highest BCUT2D eigenvalue weighted by atomic mass is 15.0. The lowest BCUT2D eigenvalue weighted by atomic mass is 9.98. The lowest BCUT2D eigenvalue weighted by molar-refractivity contribution is 0.536. The molecule has 2 aliphatic heterocycles. The smallest absolute Gasteiger partial charge is 0.0380 e. The highest BCUT2D eigenvalue weighted by Gasteiger charge is 2.28. The van der Waals surface area contributed by atoms with Gasteiger partial charge >= 0.3 is 0 Å². The summed E-state index contributed by atoms with van der Waals surface area (Å²) < 4.78 is 0. The lowest BCUT2D eigenvalue weighted by Gasteiger charge is -2.15. The van der Waals surface area contributed by atoms with Crippen molar-refractivity contribution in [1.29, 1.82) is 0 Å². The Kier molecular flexibility index (Phi) is 2.76. The zero-order valence-electron chi connectivity index (χ0n) is 11.9. The fourth-order valence-electron chi connectivity index (χ4n) is 3.08. The molecule has 2 nitrogen and oxygen atoms in total. The largest absolute Gasteiger partial charge is 0.381 e. The third kappa shape index (κ3) is 1.88. The molecule has 2 N–H and O–H groups in total. The van der Waals surface area contributed by atoms with Crippen molar-refractivity contribution < 1.29 is 0 Å². The molecule has 0 bridgehead atoms. The van der Waals surface area contributed by atoms with E-state index < -0.39 is 0 Å². The van der Waals surface area contributed by atoms with Crippen LogP contribution >= 0.6 is 0 Å². The summed E-state index contributed by atoms with van der Waals surface area (Å²) in [5.41, 5.74) is 5.73. The van der Waals surface area contributed by atoms with Crippen molar-refractivity contribution in [1.82, 2.24) is 0 Å². The van der Waals surface area contributed by atoms with E-state index in [1.165, 1.54) is 35.3 Å². The normalized spacial score (nSPS) is 25.0. The molecule has 1 aromatic rings. The molecule has 2 heterocycles. The Balaban J connectivity index is 1.85. The molecule has 98 valence electrons. The molecule has 2 unspecified atom stereocenters. The van der Waals surface area contributed by atoms with Crippen LogP contribution in [0.25, 0.3) is 0 Å². The van der Waals surface area contributed by atoms with Crippen LogP contribution in [0.4, 0.5) is 11.4 Å². The van der Waals surface area contributed by atoms with Crippen LogP contribution in [0.5, 0.6) is 0 Å². The van der Waals surface area contributed by atoms with Crippen LogP contribution in [0.2, 0.25) is 0 Å². The van der Waals surface area contributed by atoms with Gasteiger partial charge in [-0.3, -0.25) is 0 Å². The van der Waals surface area contributed by atoms with Gasteiger partial charge < -0.3 is 10.6 Å². The summed E-state index contributed by atoms with van der Waals surface area (Å²) >= 11 is 0. The number of anilines is 2. The van der Waals surface area contributed by atoms with Crippen LogP contribution in [0.1, 0.15) is 38.8 Å². The zero-order valence-corrected chi connectivity index (χ0v) is 11.9. The van der Waals surface area contributed by atoms with E-state index in [9.17, 15) is 0 Å². The fourth-order valence-corrected chi connectivity index (χ4v) is 3.08. The molecule has 2 aliphatic rings. The summed E-state index contributed by atoms with van der Waals surface area (Å²) in [5, 5.41) is 7.36. The topological polar surface area (TPSA) is 24.1 Å². The van der Waals surface area contributed by atoms with Gasteiger partial charge in [-0.15, -0.1) is 0 Å². The molecule has 0 saturated carbocycles. The first-order valence-corrected chi connectivity index (χ1v) is 7.23. The van der Waals surface area contributed by atoms with Gasteiger partial charge in [-0.2, -0.15) is 0 Å². The maximum absolute atomic E-state index is 3.68. The first-order chi connectivity index (χ1) is 8.54. The van der Waals surface area contributed by atoms with E-state index in [1.807, 2.05) is 0 Å². The summed E-state index contributed by atoms with van der Waals surface area (Å²) in [6.07, 6.45) is 2.35. The summed E-state index contributed by atoms with van der Waals surface area (Å²) in [6.45, 7) is 9.18. The third-order valence-corrected chi connectivity index (χ3v) is 4.50. The molecule has 0 saturated heterocycles. The van der Waals surface area contributed by atoms with Gasteiger partial charge in [0.1, 0.15) is 0 Å². The van der Waals surface area contributed by atoms with Crippen molar-refractivity contribution in [3.05, 3.63) is 23.3 Å². The van der Waals surface area contributed by atoms with Crippen LogP contribution in [-0.4, -0.2) is 12.1 Å². The molecular formula is C16H24N2. The van der Waals surface area contributed by atoms with Crippen molar-refractivity contribution in [3.63, 3.8) is 0 Å². The molecule has 2 atom stereocenters. The monoisotopic (exact) mass is 244 g/mol. The van der Waals surface area contributed by atoms with Crippen LogP contribution in [0, 0.1) is 11.8 Å². The molecule has 3 rings (SSSR count). The quantitative estimate of drug-likeness (QED) is 0.829. The Morgan fingerprint density at radius 2 is 1.22 bits per heavy atom. The van der Waals surface area contributed by atoms with Gasteiger partial charge in [0.15, 0.2) is 0 Å². The second-order valence-electron chi connectivity index (χ2n) is 6.56. The Hall–Kier alpha value is -1.18. The number of nitrogens with one attached hydrogen (secondary N) is 2. The predicted molar refractivity (Wildman–Crippen MR) is 78.3 cm³/mol. The second kappa shape index (κ2) is 4.18. The van der Waals surface area contributed by atoms with Gasteiger partial charge in [0.2, 0.25) is 0 Å². The van der Waals surface area contributed by atoms with Gasteiger partial charge in [-0.1, -0.05) is 27.7 Å². The highest BCUT2D eigenvalue weighted by Crippen LogP contribution is 2.37. The van der Waals surface area contributed by atoms with E-state index >= 15 is 0 Å². The third-order valence-electron chi connectivity index (χ3n) is 4.50. The summed E-state index contributed by atoms with van der Waals surface area (Å²) in [7, 11) is 0. The maximum atomic E-state index is 3.68. The Bertz CT molecular complexity index is 388. The van der Waals surface area contributed by atoms with Crippen LogP contribution in [-0.2, 0) is 12.8 Å². The second-order valence-corrected chi connectivity index (χ2v) is 6.56. The molecular weight excluding hydrogens is 220 g/mol. The summed E-state index contributed by atoms with van der Waals surface area (Å²) in [5.74, 6) is 1.40. The lowest BCUT2D eigenvalue weighted by Crippen LogP contribution is -2.22. The SMILES string of the molecule is CC(C)C1Cc2cc3c(cc2N1)CC(C(C)C)N3. The van der Waals surface area contributed by atoms with E-state index in [0.29, 0.717) is 23.9 Å². The number of fused-ring (bicyclic) bond motifs is 2. The average Bonchev–Trinajstić information content (AvgIpc) is 2.87. The first kappa shape index (κ1) is 11.9. The van der Waals surface area contributed by atoms with Crippen molar-refractivity contribution in [2.75, 3.05) is 10.6 Å². The molecule has 0 fully saturated rings. The van der Waals surface area contributed by atoms with Crippen molar-refractivity contribution >= 4 is 11.4 Å². The molecule has 0 radical (unpaired) electrons. The van der Waals surface area contributed by atoms with Gasteiger partial charge in [0.25, 0.3) is 0 Å². The van der Waals surface area contributed by atoms with Gasteiger partial charge in [-0.05, 0) is 47.9 Å². The van der Waals surface area contributed by atoms with E-state index in [1.54, 1.807) is 0 Å². The van der Waals surface area contributed by atoms with Crippen molar-refractivity contribution in [2.24, 2.45) is 11.8 Å². The zero-order chi connectivity index (χ0) is 12.9. The Morgan fingerprint density at radius 1 is 0.833 bits per heavy atom. The van der Waals surface area contributed by atoms with Crippen LogP contribution in [0.15, 0.2) is 12.1 Å². The minimum atomic E-state index is 0.614. The molecule has 0 aliphatic carbocycles. The number of hydrogen-bond acceptors (Lipinski definition) is 2. The summed E-state index contributed by atoms with van der Waals surface area (Å²) in [6, 6.07) is 5.98. The molecule has 0 aromatic heterocycles. The fraction of sp³-hybridized carbons (Fsp3) is 0.625. The van der Waals surface area contributed by atoms with E-state index in [4.69, 9.17) is 0 Å². The number of rotatable bonds is 2. The van der Waals surface area contributed by atoms with Gasteiger partial charge in [-0.25, -0.2) is 0 Å². The van der Waals surface area contributed by atoms with Crippen LogP contribution < -0.4 is 10.6 Å². The molecule has 2 heteroatoms. The van der Waals surface area contributed by atoms with Crippen molar-refractivity contribution in [2.45, 2.75) is 52.6 Å². The molecule has 1 aromatic carbocycles. The standard InChI is InChI=1S/C16H24N2/c1-9(2)13-5-11-7-16-12(8-15(11)17-13)6-14(18-16)10(3)4/h7-10,13-14,17-18H,5-6H2,1-4H3.